The first kappa shape index (κ1) is 27.3. The van der Waals surface area contributed by atoms with Crippen molar-refractivity contribution in [1.29, 1.82) is 5.41 Å². The number of ether oxygens (including phenoxy) is 1. The number of nitrogens with one attached hydrogen (secondary N) is 3. The van der Waals surface area contributed by atoms with E-state index in [1.807, 2.05) is 33.0 Å². The second-order valence-corrected chi connectivity index (χ2v) is 7.58. The van der Waals surface area contributed by atoms with Gasteiger partial charge in [-0.2, -0.15) is 0 Å². The van der Waals surface area contributed by atoms with Gasteiger partial charge in [0.15, 0.2) is 0 Å². The number of carbonyl (C=O) groups excluding carboxylic acids is 1. The number of amidine groups is 1. The molecule has 1 fully saturated rings. The molecule has 176 valence electrons. The molecule has 1 atom stereocenters. The van der Waals surface area contributed by atoms with Gasteiger partial charge in [0.1, 0.15) is 12.1 Å². The number of benzene rings is 1. The lowest BCUT2D eigenvalue weighted by molar-refractivity contribution is -0.111. The molecule has 1 heterocycles. The molecule has 1 aromatic carbocycles. The molecule has 0 radical (unpaired) electrons. The summed E-state index contributed by atoms with van der Waals surface area (Å²) in [5.41, 5.74) is 11.1. The minimum atomic E-state index is 0.115. The van der Waals surface area contributed by atoms with Crippen molar-refractivity contribution in [2.75, 3.05) is 38.4 Å². The number of nitrogens with zero attached hydrogens (tertiary/aromatic N) is 1. The number of hydrogen-bond donors (Lipinski definition) is 4. The van der Waals surface area contributed by atoms with Gasteiger partial charge in [0.05, 0.1) is 19.3 Å². The predicted octanol–water partition coefficient (Wildman–Crippen LogP) is 4.21. The monoisotopic (exact) mass is 441 g/mol. The number of allylic oxidation sites excluding steroid dienone is 1. The van der Waals surface area contributed by atoms with Gasteiger partial charge in [0.25, 0.3) is 0 Å². The fourth-order valence-electron chi connectivity index (χ4n) is 3.41. The van der Waals surface area contributed by atoms with E-state index in [0.29, 0.717) is 23.1 Å². The van der Waals surface area contributed by atoms with Crippen molar-refractivity contribution >= 4 is 29.7 Å². The van der Waals surface area contributed by atoms with Crippen molar-refractivity contribution in [1.82, 2.24) is 5.32 Å². The van der Waals surface area contributed by atoms with E-state index >= 15 is 0 Å². The van der Waals surface area contributed by atoms with Crippen molar-refractivity contribution in [2.24, 2.45) is 10.9 Å². The Morgan fingerprint density at radius 2 is 2.03 bits per heavy atom. The second kappa shape index (κ2) is 14.3. The SMILES string of the molecule is C=C(C(=NC)Nc1ccc(N)c(C=N)c1)C1=C(C)CC(C=O)CC1.CC.CNC1COC1. The Morgan fingerprint density at radius 1 is 1.34 bits per heavy atom. The fraction of sp³-hybridized carbons (Fsp3) is 0.480. The van der Waals surface area contributed by atoms with Crippen molar-refractivity contribution in [3.63, 3.8) is 0 Å². The molecule has 1 aromatic rings. The van der Waals surface area contributed by atoms with Gasteiger partial charge in [-0.3, -0.25) is 4.99 Å². The second-order valence-electron chi connectivity index (χ2n) is 7.58. The van der Waals surface area contributed by atoms with Crippen molar-refractivity contribution < 1.29 is 9.53 Å². The molecule has 7 nitrogen and oxygen atoms in total. The van der Waals surface area contributed by atoms with Crippen LogP contribution in [0.15, 0.2) is 46.5 Å². The molecule has 7 heteroatoms. The first-order chi connectivity index (χ1) is 15.4. The summed E-state index contributed by atoms with van der Waals surface area (Å²) in [4.78, 5) is 15.3. The Kier molecular flexibility index (Phi) is 12.2. The summed E-state index contributed by atoms with van der Waals surface area (Å²) in [6.45, 7) is 12.1. The van der Waals surface area contributed by atoms with E-state index in [4.69, 9.17) is 15.9 Å². The number of anilines is 2. The minimum absolute atomic E-state index is 0.115. The zero-order chi connectivity index (χ0) is 24.1. The van der Waals surface area contributed by atoms with Gasteiger partial charge < -0.3 is 31.3 Å². The highest BCUT2D eigenvalue weighted by Crippen LogP contribution is 2.32. The lowest BCUT2D eigenvalue weighted by atomic mass is 9.82. The van der Waals surface area contributed by atoms with Gasteiger partial charge in [-0.15, -0.1) is 0 Å². The van der Waals surface area contributed by atoms with E-state index < -0.39 is 0 Å². The van der Waals surface area contributed by atoms with Crippen LogP contribution in [0.4, 0.5) is 11.4 Å². The van der Waals surface area contributed by atoms with E-state index in [9.17, 15) is 4.79 Å². The molecule has 0 saturated carbocycles. The maximum absolute atomic E-state index is 11.0. The molecule has 1 saturated heterocycles. The maximum atomic E-state index is 11.0. The fourth-order valence-corrected chi connectivity index (χ4v) is 3.41. The Labute approximate surface area is 192 Å². The van der Waals surface area contributed by atoms with E-state index in [2.05, 4.69) is 29.1 Å². The largest absolute Gasteiger partial charge is 0.398 e. The van der Waals surface area contributed by atoms with Crippen LogP contribution in [0, 0.1) is 11.3 Å². The van der Waals surface area contributed by atoms with Crippen molar-refractivity contribution in [3.05, 3.63) is 47.1 Å². The zero-order valence-electron chi connectivity index (χ0n) is 20.1. The molecule has 1 aliphatic heterocycles. The summed E-state index contributed by atoms with van der Waals surface area (Å²) in [5, 5.41) is 13.7. The highest BCUT2D eigenvalue weighted by Gasteiger charge is 2.21. The quantitative estimate of drug-likeness (QED) is 0.229. The number of hydrogen-bond acceptors (Lipinski definition) is 6. The smallest absolute Gasteiger partial charge is 0.132 e. The van der Waals surface area contributed by atoms with E-state index in [-0.39, 0.29) is 5.92 Å². The van der Waals surface area contributed by atoms with Crippen LogP contribution in [0.1, 0.15) is 45.6 Å². The van der Waals surface area contributed by atoms with Gasteiger partial charge in [0, 0.05) is 41.7 Å². The standard InChI is InChI=1S/C19H24N4O.C4H9NO.C2H6/c1-12-8-14(11-24)4-6-17(12)13(2)19(22-3)23-16-5-7-18(21)15(9-16)10-20;1-5-4-2-6-3-4;1-2/h5,7,9-11,14,20H,2,4,6,8,21H2,1,3H3,(H,22,23);4-5H,2-3H2,1H3;1-2H3. The molecule has 0 spiro atoms. The number of likely N-dealkylation sites (N-methyl/N-ethyl adjacent to an activating group) is 1. The molecule has 1 unspecified atom stereocenters. The van der Waals surface area contributed by atoms with Gasteiger partial charge in [-0.25, -0.2) is 0 Å². The first-order valence-electron chi connectivity index (χ1n) is 11.2. The maximum Gasteiger partial charge on any atom is 0.132 e. The van der Waals surface area contributed by atoms with Crippen LogP contribution < -0.4 is 16.4 Å². The molecule has 2 aliphatic rings. The van der Waals surface area contributed by atoms with Crippen LogP contribution in [0.25, 0.3) is 0 Å². The lowest BCUT2D eigenvalue weighted by Gasteiger charge is -2.24. The lowest BCUT2D eigenvalue weighted by Crippen LogP contribution is -2.43. The van der Waals surface area contributed by atoms with Crippen molar-refractivity contribution in [2.45, 2.75) is 46.1 Å². The zero-order valence-corrected chi connectivity index (χ0v) is 20.1. The highest BCUT2D eigenvalue weighted by atomic mass is 16.5. The van der Waals surface area contributed by atoms with Crippen LogP contribution in [0.5, 0.6) is 0 Å². The molecular weight excluding hydrogens is 402 g/mol. The Balaban J connectivity index is 0.000000542. The average Bonchev–Trinajstić information content (AvgIpc) is 2.79. The number of aliphatic imine (C=N–C) groups is 1. The number of nitrogen functional groups attached to an aromatic ring is 1. The molecule has 0 aromatic heterocycles. The van der Waals surface area contributed by atoms with Gasteiger partial charge in [-0.05, 0) is 57.0 Å². The van der Waals surface area contributed by atoms with E-state index in [0.717, 1.165) is 50.0 Å². The average molecular weight is 442 g/mol. The molecule has 5 N–H and O–H groups in total. The molecule has 32 heavy (non-hydrogen) atoms. The highest BCUT2D eigenvalue weighted by molar-refractivity contribution is 6.10. The number of rotatable bonds is 6. The van der Waals surface area contributed by atoms with Gasteiger partial charge in [0.2, 0.25) is 0 Å². The summed E-state index contributed by atoms with van der Waals surface area (Å²) in [7, 11) is 3.67. The van der Waals surface area contributed by atoms with Crippen LogP contribution in [0.3, 0.4) is 0 Å². The number of nitrogens with two attached hydrogens (primary N) is 1. The first-order valence-corrected chi connectivity index (χ1v) is 11.2. The third-order valence-electron chi connectivity index (χ3n) is 5.47. The third-order valence-corrected chi connectivity index (χ3v) is 5.47. The molecule has 1 aliphatic carbocycles. The van der Waals surface area contributed by atoms with E-state index in [1.165, 1.54) is 17.4 Å². The third kappa shape index (κ3) is 7.73. The van der Waals surface area contributed by atoms with Crippen LogP contribution in [-0.4, -0.2) is 51.7 Å². The van der Waals surface area contributed by atoms with Crippen LogP contribution in [-0.2, 0) is 9.53 Å². The Bertz CT molecular complexity index is 838. The summed E-state index contributed by atoms with van der Waals surface area (Å²) < 4.78 is 4.86. The number of carbonyl (C=O) groups is 1. The molecular formula is C25H39N5O2. The van der Waals surface area contributed by atoms with Crippen LogP contribution in [0.2, 0.25) is 0 Å². The number of aldehydes is 1. The Morgan fingerprint density at radius 3 is 2.47 bits per heavy atom. The molecule has 3 rings (SSSR count). The van der Waals surface area contributed by atoms with Crippen molar-refractivity contribution in [3.8, 4) is 0 Å². The topological polar surface area (TPSA) is 113 Å². The minimum Gasteiger partial charge on any atom is -0.398 e. The van der Waals surface area contributed by atoms with Gasteiger partial charge >= 0.3 is 0 Å². The Hall–Kier alpha value is -2.77. The summed E-state index contributed by atoms with van der Waals surface area (Å²) in [6, 6.07) is 6.07. The normalized spacial score (nSPS) is 18.3. The summed E-state index contributed by atoms with van der Waals surface area (Å²) >= 11 is 0. The van der Waals surface area contributed by atoms with Crippen LogP contribution >= 0.6 is 0 Å². The van der Waals surface area contributed by atoms with E-state index in [1.54, 1.807) is 13.1 Å². The van der Waals surface area contributed by atoms with Gasteiger partial charge in [-0.1, -0.05) is 26.0 Å². The molecule has 0 bridgehead atoms. The molecule has 0 amide bonds. The predicted molar refractivity (Wildman–Crippen MR) is 136 cm³/mol. The summed E-state index contributed by atoms with van der Waals surface area (Å²) in [5.74, 6) is 0.804. The summed E-state index contributed by atoms with van der Waals surface area (Å²) in [6.07, 6.45) is 4.75.